The van der Waals surface area contributed by atoms with Crippen LogP contribution in [0.5, 0.6) is 5.75 Å². The Morgan fingerprint density at radius 1 is 1.25 bits per heavy atom. The first kappa shape index (κ1) is 23.8. The molecule has 10 heteroatoms. The summed E-state index contributed by atoms with van der Waals surface area (Å²) in [6.07, 6.45) is 6.38. The van der Waals surface area contributed by atoms with Gasteiger partial charge in [0.25, 0.3) is 5.91 Å². The second-order valence-corrected chi connectivity index (χ2v) is 9.35. The van der Waals surface area contributed by atoms with Gasteiger partial charge in [-0.05, 0) is 38.0 Å². The quantitative estimate of drug-likeness (QED) is 0.587. The number of amides is 2. The molecular weight excluding hydrogens is 465 g/mol. The Morgan fingerprint density at radius 2 is 2.03 bits per heavy atom. The predicted molar refractivity (Wildman–Crippen MR) is 134 cm³/mol. The van der Waals surface area contributed by atoms with Crippen LogP contribution in [0.3, 0.4) is 0 Å². The zero-order chi connectivity index (χ0) is 25.6. The number of carbonyl (C=O) groups is 2. The molecule has 2 amide bonds. The summed E-state index contributed by atoms with van der Waals surface area (Å²) in [7, 11) is 1.46. The number of nitrogens with one attached hydrogen (secondary N) is 1. The topological polar surface area (TPSA) is 96.8 Å². The molecule has 0 unspecified atom stereocenters. The standard InChI is InChI=1S/C26H28FN5O4/c1-15-13-30(9-10-31(15)16(2)33)23-21(27)11-19-22(25(23)36-3)32(18-6-7-18)14-20(24(19)34)26(35)29-17-5-4-8-28-12-17/h4-5,8,11-12,14-15,18H,6-7,9-10,13H2,1-3H3,(H,29,35)/t15-/m1/s1. The molecule has 1 atom stereocenters. The van der Waals surface area contributed by atoms with Crippen LogP contribution in [-0.2, 0) is 4.79 Å². The van der Waals surface area contributed by atoms with E-state index >= 15 is 4.39 Å². The monoisotopic (exact) mass is 493 g/mol. The fourth-order valence-corrected chi connectivity index (χ4v) is 5.00. The van der Waals surface area contributed by atoms with Gasteiger partial charge in [-0.2, -0.15) is 0 Å². The highest BCUT2D eigenvalue weighted by atomic mass is 19.1. The molecule has 1 aliphatic carbocycles. The van der Waals surface area contributed by atoms with E-state index in [1.807, 2.05) is 16.4 Å². The molecule has 0 radical (unpaired) electrons. The molecule has 1 saturated carbocycles. The van der Waals surface area contributed by atoms with Crippen LogP contribution >= 0.6 is 0 Å². The minimum absolute atomic E-state index is 0.0206. The molecule has 9 nitrogen and oxygen atoms in total. The van der Waals surface area contributed by atoms with Crippen molar-refractivity contribution in [3.05, 3.63) is 58.4 Å². The fourth-order valence-electron chi connectivity index (χ4n) is 5.00. The zero-order valence-corrected chi connectivity index (χ0v) is 20.5. The van der Waals surface area contributed by atoms with Crippen LogP contribution < -0.4 is 20.4 Å². The number of fused-ring (bicyclic) bond motifs is 1. The summed E-state index contributed by atoms with van der Waals surface area (Å²) < 4.78 is 23.3. The van der Waals surface area contributed by atoms with Crippen LogP contribution in [0.1, 0.15) is 43.1 Å². The molecule has 3 heterocycles. The lowest BCUT2D eigenvalue weighted by atomic mass is 10.1. The number of pyridine rings is 2. The summed E-state index contributed by atoms with van der Waals surface area (Å²) in [4.78, 5) is 46.0. The van der Waals surface area contributed by atoms with Crippen LogP contribution in [0, 0.1) is 5.82 Å². The first-order chi connectivity index (χ1) is 17.3. The van der Waals surface area contributed by atoms with Gasteiger partial charge in [0, 0.05) is 51.0 Å². The number of benzene rings is 1. The Bertz CT molecular complexity index is 1400. The van der Waals surface area contributed by atoms with Gasteiger partial charge in [0.1, 0.15) is 11.3 Å². The maximum atomic E-state index is 15.7. The molecule has 1 N–H and O–H groups in total. The van der Waals surface area contributed by atoms with Crippen molar-refractivity contribution in [1.29, 1.82) is 0 Å². The molecule has 2 aromatic heterocycles. The zero-order valence-electron chi connectivity index (χ0n) is 20.5. The summed E-state index contributed by atoms with van der Waals surface area (Å²) in [6.45, 7) is 4.77. The molecule has 188 valence electrons. The lowest BCUT2D eigenvalue weighted by Gasteiger charge is -2.41. The average molecular weight is 494 g/mol. The second kappa shape index (κ2) is 9.25. The van der Waals surface area contributed by atoms with Crippen molar-refractivity contribution >= 4 is 34.1 Å². The molecule has 0 spiro atoms. The Labute approximate surface area is 207 Å². The molecular formula is C26H28FN5O4. The van der Waals surface area contributed by atoms with E-state index in [4.69, 9.17) is 4.74 Å². The summed E-state index contributed by atoms with van der Waals surface area (Å²) >= 11 is 0. The van der Waals surface area contributed by atoms with E-state index in [0.717, 1.165) is 12.8 Å². The van der Waals surface area contributed by atoms with Gasteiger partial charge in [-0.15, -0.1) is 0 Å². The van der Waals surface area contributed by atoms with Crippen LogP contribution in [0.25, 0.3) is 10.9 Å². The second-order valence-electron chi connectivity index (χ2n) is 9.35. The molecule has 0 bridgehead atoms. The summed E-state index contributed by atoms with van der Waals surface area (Å²) in [5.41, 5.74) is 0.554. The SMILES string of the molecule is COc1c(N2CCN(C(C)=O)[C@H](C)C2)c(F)cc2c(=O)c(C(=O)Nc3cccnc3)cn(C3CC3)c12. The van der Waals surface area contributed by atoms with E-state index < -0.39 is 17.2 Å². The minimum atomic E-state index is -0.605. The van der Waals surface area contributed by atoms with Gasteiger partial charge in [-0.25, -0.2) is 4.39 Å². The number of ether oxygens (including phenoxy) is 1. The van der Waals surface area contributed by atoms with Gasteiger partial charge in [-0.3, -0.25) is 19.4 Å². The number of hydrogen-bond acceptors (Lipinski definition) is 6. The van der Waals surface area contributed by atoms with Gasteiger partial charge < -0.3 is 24.4 Å². The van der Waals surface area contributed by atoms with Gasteiger partial charge in [0.2, 0.25) is 11.3 Å². The lowest BCUT2D eigenvalue weighted by molar-refractivity contribution is -0.131. The van der Waals surface area contributed by atoms with Gasteiger partial charge in [-0.1, -0.05) is 0 Å². The normalized spacial score (nSPS) is 17.8. The number of rotatable bonds is 5. The third kappa shape index (κ3) is 4.16. The van der Waals surface area contributed by atoms with E-state index in [1.54, 1.807) is 29.4 Å². The number of halogens is 1. The largest absolute Gasteiger partial charge is 0.492 e. The molecule has 3 aromatic rings. The molecule has 1 aromatic carbocycles. The predicted octanol–water partition coefficient (Wildman–Crippen LogP) is 3.19. The highest BCUT2D eigenvalue weighted by Gasteiger charge is 2.33. The maximum Gasteiger partial charge on any atom is 0.261 e. The van der Waals surface area contributed by atoms with Crippen molar-refractivity contribution in [1.82, 2.24) is 14.5 Å². The highest BCUT2D eigenvalue weighted by Crippen LogP contribution is 2.44. The number of piperazine rings is 1. The smallest absolute Gasteiger partial charge is 0.261 e. The first-order valence-corrected chi connectivity index (χ1v) is 12.0. The van der Waals surface area contributed by atoms with Crippen molar-refractivity contribution in [2.45, 2.75) is 38.8 Å². The third-order valence-electron chi connectivity index (χ3n) is 6.85. The Hall–Kier alpha value is -3.95. The molecule has 2 fully saturated rings. The minimum Gasteiger partial charge on any atom is -0.492 e. The van der Waals surface area contributed by atoms with Crippen molar-refractivity contribution in [2.75, 3.05) is 37.0 Å². The molecule has 36 heavy (non-hydrogen) atoms. The van der Waals surface area contributed by atoms with Crippen LogP contribution in [0.2, 0.25) is 0 Å². The fraction of sp³-hybridized carbons (Fsp3) is 0.385. The third-order valence-corrected chi connectivity index (χ3v) is 6.85. The molecule has 1 aliphatic heterocycles. The Morgan fingerprint density at radius 3 is 2.64 bits per heavy atom. The Kier molecular flexibility index (Phi) is 6.11. The average Bonchev–Trinajstić information content (AvgIpc) is 3.69. The number of methoxy groups -OCH3 is 1. The van der Waals surface area contributed by atoms with E-state index in [2.05, 4.69) is 10.3 Å². The maximum absolute atomic E-state index is 15.7. The van der Waals surface area contributed by atoms with Crippen molar-refractivity contribution in [2.24, 2.45) is 0 Å². The van der Waals surface area contributed by atoms with Crippen LogP contribution in [0.4, 0.5) is 15.8 Å². The molecule has 1 saturated heterocycles. The van der Waals surface area contributed by atoms with E-state index in [1.165, 1.54) is 26.3 Å². The number of anilines is 2. The van der Waals surface area contributed by atoms with Crippen LogP contribution in [-0.4, -0.2) is 59.1 Å². The van der Waals surface area contributed by atoms with Gasteiger partial charge in [0.05, 0.1) is 29.9 Å². The van der Waals surface area contributed by atoms with Crippen molar-refractivity contribution in [3.63, 3.8) is 0 Å². The van der Waals surface area contributed by atoms with Gasteiger partial charge in [0.15, 0.2) is 11.6 Å². The van der Waals surface area contributed by atoms with Crippen molar-refractivity contribution in [3.8, 4) is 5.75 Å². The first-order valence-electron chi connectivity index (χ1n) is 12.0. The highest BCUT2D eigenvalue weighted by molar-refractivity contribution is 6.06. The lowest BCUT2D eigenvalue weighted by Crippen LogP contribution is -2.53. The summed E-state index contributed by atoms with van der Waals surface area (Å²) in [5, 5.41) is 2.79. The van der Waals surface area contributed by atoms with Gasteiger partial charge >= 0.3 is 0 Å². The van der Waals surface area contributed by atoms with E-state index in [0.29, 0.717) is 30.8 Å². The number of carbonyl (C=O) groups excluding carboxylic acids is 2. The molecule has 5 rings (SSSR count). The van der Waals surface area contributed by atoms with Crippen molar-refractivity contribution < 1.29 is 18.7 Å². The number of aromatic nitrogens is 2. The van der Waals surface area contributed by atoms with E-state index in [-0.39, 0.29) is 40.4 Å². The molecule has 2 aliphatic rings. The number of hydrogen-bond donors (Lipinski definition) is 1. The number of nitrogens with zero attached hydrogens (tertiary/aromatic N) is 4. The van der Waals surface area contributed by atoms with E-state index in [9.17, 15) is 14.4 Å². The summed E-state index contributed by atoms with van der Waals surface area (Å²) in [6, 6.07) is 4.53. The summed E-state index contributed by atoms with van der Waals surface area (Å²) in [5.74, 6) is -0.946. The Balaban J connectivity index is 1.63. The van der Waals surface area contributed by atoms with Crippen LogP contribution in [0.15, 0.2) is 41.6 Å².